The van der Waals surface area contributed by atoms with Crippen molar-refractivity contribution in [2.45, 2.75) is 88.4 Å². The van der Waals surface area contributed by atoms with Gasteiger partial charge in [0.15, 0.2) is 0 Å². The number of anilines is 2. The summed E-state index contributed by atoms with van der Waals surface area (Å²) >= 11 is 24.7. The molecule has 0 radical (unpaired) electrons. The predicted molar refractivity (Wildman–Crippen MR) is 353 cm³/mol. The van der Waals surface area contributed by atoms with Gasteiger partial charge in [-0.2, -0.15) is 0 Å². The van der Waals surface area contributed by atoms with Crippen molar-refractivity contribution in [3.63, 3.8) is 0 Å². The number of pyridine rings is 2. The highest BCUT2D eigenvalue weighted by atomic mass is 35.5. The fourth-order valence-corrected chi connectivity index (χ4v) is 9.66. The van der Waals surface area contributed by atoms with Crippen molar-refractivity contribution < 1.29 is 77.0 Å². The van der Waals surface area contributed by atoms with Gasteiger partial charge in [0.25, 0.3) is 0 Å². The first kappa shape index (κ1) is 79.1. The number of unbranched alkanes of at least 4 members (excludes halogenated alkanes) is 3. The molecule has 0 fully saturated rings. The van der Waals surface area contributed by atoms with Crippen molar-refractivity contribution in [2.24, 2.45) is 0 Å². The average Bonchev–Trinajstić information content (AvgIpc) is 0.889. The van der Waals surface area contributed by atoms with E-state index in [1.807, 2.05) is 36.4 Å². The Morgan fingerprint density at radius 2 is 0.745 bits per heavy atom. The highest BCUT2D eigenvalue weighted by Crippen LogP contribution is 2.27. The minimum Gasteiger partial charge on any atom is -0.481 e. The van der Waals surface area contributed by atoms with Crippen molar-refractivity contribution in [3.05, 3.63) is 116 Å². The number of rotatable bonds is 51. The van der Waals surface area contributed by atoms with Crippen LogP contribution >= 0.6 is 46.4 Å². The van der Waals surface area contributed by atoms with Crippen LogP contribution < -0.4 is 53.2 Å². The third-order valence-electron chi connectivity index (χ3n) is 13.2. The van der Waals surface area contributed by atoms with Gasteiger partial charge in [0.05, 0.1) is 104 Å². The Morgan fingerprint density at radius 1 is 0.404 bits per heavy atom. The van der Waals surface area contributed by atoms with Crippen LogP contribution in [0.15, 0.2) is 85.2 Å². The number of carboxylic acid groups (broad SMARTS) is 2. The summed E-state index contributed by atoms with van der Waals surface area (Å²) in [6, 6.07) is 14.8. The maximum atomic E-state index is 13.6. The Balaban J connectivity index is 0.992. The van der Waals surface area contributed by atoms with Gasteiger partial charge in [-0.15, -0.1) is 0 Å². The summed E-state index contributed by atoms with van der Waals surface area (Å²) in [6.45, 7) is 3.64. The third-order valence-corrected chi connectivity index (χ3v) is 14.0. The number of hydrogen-bond acceptors (Lipinski definition) is 18. The fourth-order valence-electron chi connectivity index (χ4n) is 8.57. The van der Waals surface area contributed by atoms with Crippen LogP contribution in [0, 0.1) is 0 Å². The molecule has 4 atom stereocenters. The van der Waals surface area contributed by atoms with Crippen LogP contribution in [0.3, 0.4) is 0 Å². The van der Waals surface area contributed by atoms with Gasteiger partial charge in [0.2, 0.25) is 23.6 Å². The molecular weight excluding hydrogens is 1310 g/mol. The Bertz CT molecular complexity index is 2670. The van der Waals surface area contributed by atoms with Crippen molar-refractivity contribution >= 4 is 106 Å². The van der Waals surface area contributed by atoms with Crippen molar-refractivity contribution in [2.75, 3.05) is 129 Å². The van der Waals surface area contributed by atoms with Crippen LogP contribution in [0.5, 0.6) is 0 Å². The number of amides is 8. The first-order chi connectivity index (χ1) is 45.4. The second kappa shape index (κ2) is 48.3. The molecular formula is C62H86Cl4N12O16. The summed E-state index contributed by atoms with van der Waals surface area (Å²) in [4.78, 5) is 110. The number of nitrogens with one attached hydrogen (secondary N) is 10. The van der Waals surface area contributed by atoms with E-state index in [-0.39, 0.29) is 137 Å². The van der Waals surface area contributed by atoms with Gasteiger partial charge in [-0.1, -0.05) is 58.5 Å². The molecule has 0 spiro atoms. The van der Waals surface area contributed by atoms with Crippen LogP contribution in [0.25, 0.3) is 0 Å². The summed E-state index contributed by atoms with van der Waals surface area (Å²) < 4.78 is 33.6. The molecule has 4 aromatic rings. The van der Waals surface area contributed by atoms with Gasteiger partial charge in [-0.25, -0.2) is 19.6 Å². The van der Waals surface area contributed by atoms with Gasteiger partial charge in [0.1, 0.15) is 23.7 Å². The van der Waals surface area contributed by atoms with E-state index in [1.54, 1.807) is 12.4 Å². The van der Waals surface area contributed by atoms with Crippen LogP contribution in [-0.4, -0.2) is 198 Å². The predicted octanol–water partition coefficient (Wildman–Crippen LogP) is 6.07. The van der Waals surface area contributed by atoms with Gasteiger partial charge < -0.3 is 91.8 Å². The second-order valence-electron chi connectivity index (χ2n) is 20.8. The van der Waals surface area contributed by atoms with E-state index >= 15 is 0 Å². The zero-order chi connectivity index (χ0) is 68.0. The molecule has 518 valence electrons. The summed E-state index contributed by atoms with van der Waals surface area (Å²) in [7, 11) is 0. The molecule has 0 aliphatic carbocycles. The Kier molecular flexibility index (Phi) is 40.7. The normalized spacial score (nSPS) is 12.3. The number of halogens is 4. The third kappa shape index (κ3) is 37.5. The van der Waals surface area contributed by atoms with Crippen molar-refractivity contribution in [3.8, 4) is 0 Å². The Hall–Kier alpha value is -7.38. The van der Waals surface area contributed by atoms with E-state index < -0.39 is 72.6 Å². The number of nitrogens with zero attached hydrogens (tertiary/aromatic N) is 2. The molecule has 0 saturated heterocycles. The molecule has 94 heavy (non-hydrogen) atoms. The lowest BCUT2D eigenvalue weighted by molar-refractivity contribution is -0.139. The van der Waals surface area contributed by atoms with Crippen molar-refractivity contribution in [1.82, 2.24) is 52.5 Å². The van der Waals surface area contributed by atoms with E-state index in [0.29, 0.717) is 87.5 Å². The van der Waals surface area contributed by atoms with E-state index in [0.717, 1.165) is 0 Å². The lowest BCUT2D eigenvalue weighted by atomic mass is 10.0. The molecule has 12 N–H and O–H groups in total. The highest BCUT2D eigenvalue weighted by Gasteiger charge is 2.28. The van der Waals surface area contributed by atoms with E-state index in [4.69, 9.17) is 74.8 Å². The number of carboxylic acids is 2. The zero-order valence-corrected chi connectivity index (χ0v) is 55.2. The summed E-state index contributed by atoms with van der Waals surface area (Å²) in [5.41, 5.74) is 0.742. The largest absolute Gasteiger partial charge is 0.481 e. The number of aromatic nitrogens is 2. The molecule has 2 aromatic heterocycles. The summed E-state index contributed by atoms with van der Waals surface area (Å²) in [6.07, 6.45) is 6.20. The molecule has 28 nitrogen and oxygen atoms in total. The standard InChI is InChI=1S/C62H86Cl4N12O16/c63-45-33-43(34-46(64)37-45)49(39-57(81)82)77-59(85)51(75-55(79)13-3-7-17-69-53-11-1-5-15-67-53)41-93-31-29-91-27-25-89-23-21-73-61(87)71-19-9-10-20-72-62(88)74-22-24-90-26-28-92-30-32-94-42-52(76-56(80)14-4-8-18-70-54-12-2-6-16-68-54)60(86)78-50(40-58(83)84)44-35-47(65)38-48(66)36-44/h1-2,5-6,11-12,15-16,33-38,49-52H,3-4,7-10,13-14,17-32,39-42H2,(H,67,69)(H,68,70)(H,75,79)(H,76,80)(H,77,85)(H,78,86)(H,81,82)(H,83,84)(H2,71,73,87)(H2,72,74,88). The van der Waals surface area contributed by atoms with E-state index in [9.17, 15) is 48.6 Å². The number of hydrogen-bond donors (Lipinski definition) is 12. The number of carbonyl (C=O) groups is 8. The average molecular weight is 1400 g/mol. The van der Waals surface area contributed by atoms with E-state index in [1.165, 1.54) is 36.4 Å². The van der Waals surface area contributed by atoms with Crippen LogP contribution in [0.1, 0.15) is 87.4 Å². The highest BCUT2D eigenvalue weighted by molar-refractivity contribution is 6.35. The molecule has 0 saturated carbocycles. The number of carbonyl (C=O) groups excluding carboxylic acids is 6. The lowest BCUT2D eigenvalue weighted by Crippen LogP contribution is -2.50. The molecule has 0 aliphatic rings. The monoisotopic (exact) mass is 1390 g/mol. The summed E-state index contributed by atoms with van der Waals surface area (Å²) in [5, 5.41) is 48.3. The Morgan fingerprint density at radius 3 is 1.10 bits per heavy atom. The van der Waals surface area contributed by atoms with Gasteiger partial charge in [0, 0.05) is 84.6 Å². The van der Waals surface area contributed by atoms with Crippen LogP contribution in [0.4, 0.5) is 21.2 Å². The van der Waals surface area contributed by atoms with Gasteiger partial charge >= 0.3 is 24.0 Å². The first-order valence-corrected chi connectivity index (χ1v) is 32.3. The number of ether oxygens (including phenoxy) is 6. The lowest BCUT2D eigenvalue weighted by Gasteiger charge is -2.23. The topological polar surface area (TPSA) is 378 Å². The smallest absolute Gasteiger partial charge is 0.314 e. The van der Waals surface area contributed by atoms with Crippen molar-refractivity contribution in [1.29, 1.82) is 0 Å². The van der Waals surface area contributed by atoms with E-state index in [2.05, 4.69) is 63.1 Å². The van der Waals surface area contributed by atoms with Crippen LogP contribution in [0.2, 0.25) is 20.1 Å². The quantitative estimate of drug-likeness (QED) is 0.0223. The molecule has 2 heterocycles. The molecule has 4 rings (SSSR count). The van der Waals surface area contributed by atoms with Crippen LogP contribution in [-0.2, 0) is 57.2 Å². The van der Waals surface area contributed by atoms with Gasteiger partial charge in [-0.3, -0.25) is 28.8 Å². The molecule has 0 bridgehead atoms. The molecule has 2 aromatic carbocycles. The first-order valence-electron chi connectivity index (χ1n) is 30.8. The number of benzene rings is 2. The summed E-state index contributed by atoms with van der Waals surface area (Å²) in [5.74, 6) is -3.06. The SMILES string of the molecule is O=C(O)CC(NC(=O)C(COCCOCCOCCNC(=O)NCCCCNC(=O)NCCOCCOCCOCC(NC(=O)CCCCNc1ccccn1)C(=O)NC(CC(=O)O)c1cc(Cl)cc(Cl)c1)NC(=O)CCCCNc1ccccn1)c1cc(Cl)cc(Cl)c1. The number of aliphatic carboxylic acids is 2. The number of urea groups is 2. The zero-order valence-electron chi connectivity index (χ0n) is 52.2. The second-order valence-corrected chi connectivity index (χ2v) is 22.6. The maximum absolute atomic E-state index is 13.6. The maximum Gasteiger partial charge on any atom is 0.314 e. The molecule has 0 aliphatic heterocycles. The fraction of sp³-hybridized carbons (Fsp3) is 0.516. The molecule has 32 heteroatoms. The Labute approximate surface area is 566 Å². The molecule has 8 amide bonds. The minimum absolute atomic E-state index is 0.0622. The minimum atomic E-state index is -1.18. The van der Waals surface area contributed by atoms with Gasteiger partial charge in [-0.05, 0) is 110 Å². The molecule has 4 unspecified atom stereocenters.